The zero-order valence-electron chi connectivity index (χ0n) is 20.9. The molecule has 0 aromatic heterocycles. The van der Waals surface area contributed by atoms with Crippen LogP contribution in [0.5, 0.6) is 5.75 Å². The molecule has 0 bridgehead atoms. The summed E-state index contributed by atoms with van der Waals surface area (Å²) in [4.78, 5) is 12.2. The molecule has 0 aliphatic rings. The highest BCUT2D eigenvalue weighted by Gasteiger charge is 2.37. The Morgan fingerprint density at radius 1 is 1.16 bits per heavy atom. The summed E-state index contributed by atoms with van der Waals surface area (Å²) in [5.41, 5.74) is 0.966. The minimum Gasteiger partial charge on any atom is -0.462 e. The number of nitrogens with one attached hydrogen (secondary N) is 1. The van der Waals surface area contributed by atoms with Crippen LogP contribution >= 0.6 is 7.75 Å². The van der Waals surface area contributed by atoms with Crippen LogP contribution in [-0.2, 0) is 23.0 Å². The summed E-state index contributed by atoms with van der Waals surface area (Å²) >= 11 is 0. The summed E-state index contributed by atoms with van der Waals surface area (Å²) in [7, 11) is -5.72. The minimum atomic E-state index is -3.86. The number of carbonyl (C=O) groups excluding carboxylic acids is 1. The summed E-state index contributed by atoms with van der Waals surface area (Å²) in [6, 6.07) is 7.81. The number of hydrogen-bond donors (Lipinski definition) is 1. The van der Waals surface area contributed by atoms with Crippen LogP contribution in [0.15, 0.2) is 42.0 Å². The molecule has 1 N–H and O–H groups in total. The van der Waals surface area contributed by atoms with Crippen molar-refractivity contribution in [2.45, 2.75) is 78.7 Å². The monoisotopic (exact) mass is 485 g/mol. The van der Waals surface area contributed by atoms with Gasteiger partial charge < -0.3 is 13.7 Å². The van der Waals surface area contributed by atoms with E-state index in [9.17, 15) is 9.36 Å². The van der Waals surface area contributed by atoms with Crippen LogP contribution in [0, 0.1) is 0 Å². The molecule has 1 aromatic rings. The van der Waals surface area contributed by atoms with Crippen LogP contribution in [0.3, 0.4) is 0 Å². The Labute approximate surface area is 194 Å². The third-order valence-corrected chi connectivity index (χ3v) is 11.3. The van der Waals surface area contributed by atoms with Crippen molar-refractivity contribution in [3.8, 4) is 5.75 Å². The molecule has 1 aromatic carbocycles. The molecule has 1 rings (SSSR count). The zero-order chi connectivity index (χ0) is 24.6. The molecule has 0 heterocycles. The van der Waals surface area contributed by atoms with Crippen molar-refractivity contribution >= 4 is 22.0 Å². The Hall–Kier alpha value is -1.44. The van der Waals surface area contributed by atoms with E-state index in [1.165, 1.54) is 0 Å². The van der Waals surface area contributed by atoms with Crippen molar-refractivity contribution in [2.24, 2.45) is 0 Å². The second-order valence-electron chi connectivity index (χ2n) is 9.63. The number of carbonyl (C=O) groups is 1. The van der Waals surface area contributed by atoms with E-state index in [4.69, 9.17) is 18.2 Å². The quantitative estimate of drug-likeness (QED) is 0.166. The summed E-state index contributed by atoms with van der Waals surface area (Å²) < 4.78 is 36.0. The smallest absolute Gasteiger partial charge is 0.459 e. The fraction of sp³-hybridized carbons (Fsp3) is 0.609. The molecule has 0 aliphatic heterocycles. The van der Waals surface area contributed by atoms with Crippen molar-refractivity contribution < 1.29 is 27.6 Å². The van der Waals surface area contributed by atoms with Crippen molar-refractivity contribution in [3.63, 3.8) is 0 Å². The van der Waals surface area contributed by atoms with E-state index in [2.05, 4.69) is 39.0 Å². The van der Waals surface area contributed by atoms with Crippen LogP contribution in [0.1, 0.15) is 48.5 Å². The largest absolute Gasteiger partial charge is 0.462 e. The van der Waals surface area contributed by atoms with E-state index >= 15 is 0 Å². The number of ether oxygens (including phenoxy) is 1. The Morgan fingerprint density at radius 3 is 2.28 bits per heavy atom. The Morgan fingerprint density at radius 2 is 1.75 bits per heavy atom. The summed E-state index contributed by atoms with van der Waals surface area (Å²) in [5, 5.41) is 2.80. The fourth-order valence-corrected chi connectivity index (χ4v) is 4.63. The van der Waals surface area contributed by atoms with E-state index in [1.807, 2.05) is 19.1 Å². The van der Waals surface area contributed by atoms with Gasteiger partial charge in [-0.3, -0.25) is 9.32 Å². The topological polar surface area (TPSA) is 83.1 Å². The van der Waals surface area contributed by atoms with Gasteiger partial charge in [0.1, 0.15) is 11.8 Å². The molecule has 1 unspecified atom stereocenters. The maximum absolute atomic E-state index is 13.4. The van der Waals surface area contributed by atoms with Gasteiger partial charge in [-0.1, -0.05) is 50.6 Å². The van der Waals surface area contributed by atoms with E-state index in [-0.39, 0.29) is 17.7 Å². The standard InChI is InChI=1S/C23H40NO6PSi/c1-18(2)29-22(25)20(4)24-31(26,30-21-13-11-10-12-14-21)27-16-15-19(3)17-28-32(8,9)23(5,6)7/h10-15,18,20H,16-17H2,1-9H3,(H,24,26)/b19-15+/t20-,31?/m0/s1. The highest BCUT2D eigenvalue weighted by Crippen LogP contribution is 2.45. The molecule has 182 valence electrons. The van der Waals surface area contributed by atoms with E-state index < -0.39 is 28.1 Å². The second kappa shape index (κ2) is 12.1. The van der Waals surface area contributed by atoms with Crippen molar-refractivity contribution in [1.29, 1.82) is 0 Å². The molecular weight excluding hydrogens is 445 g/mol. The highest BCUT2D eigenvalue weighted by atomic mass is 31.2. The van der Waals surface area contributed by atoms with Crippen LogP contribution in [0.2, 0.25) is 18.1 Å². The Kier molecular flexibility index (Phi) is 10.8. The van der Waals surface area contributed by atoms with Gasteiger partial charge in [-0.05, 0) is 58.0 Å². The van der Waals surface area contributed by atoms with Crippen LogP contribution in [0.4, 0.5) is 0 Å². The molecule has 0 saturated carbocycles. The average molecular weight is 486 g/mol. The fourth-order valence-electron chi connectivity index (χ4n) is 2.18. The third kappa shape index (κ3) is 10.0. The van der Waals surface area contributed by atoms with E-state index in [0.717, 1.165) is 5.57 Å². The van der Waals surface area contributed by atoms with Gasteiger partial charge in [0.15, 0.2) is 8.32 Å². The second-order valence-corrected chi connectivity index (χ2v) is 16.1. The van der Waals surface area contributed by atoms with Crippen molar-refractivity contribution in [1.82, 2.24) is 5.09 Å². The first-order chi connectivity index (χ1) is 14.7. The molecule has 0 amide bonds. The Bertz CT molecular complexity index is 804. The summed E-state index contributed by atoms with van der Waals surface area (Å²) in [6.45, 7) is 18.5. The van der Waals surface area contributed by atoms with Gasteiger partial charge in [-0.15, -0.1) is 0 Å². The van der Waals surface area contributed by atoms with Crippen molar-refractivity contribution in [3.05, 3.63) is 42.0 Å². The van der Waals surface area contributed by atoms with Gasteiger partial charge >= 0.3 is 13.7 Å². The first-order valence-electron chi connectivity index (χ1n) is 10.9. The number of esters is 1. The third-order valence-electron chi connectivity index (χ3n) is 5.17. The normalized spacial score (nSPS) is 15.9. The minimum absolute atomic E-state index is 0.0375. The van der Waals surface area contributed by atoms with Gasteiger partial charge in [0, 0.05) is 0 Å². The lowest BCUT2D eigenvalue weighted by molar-refractivity contribution is -0.149. The summed E-state index contributed by atoms with van der Waals surface area (Å²) in [5.74, 6) is -0.162. The van der Waals surface area contributed by atoms with Gasteiger partial charge in [-0.2, -0.15) is 5.09 Å². The number of para-hydroxylation sites is 1. The molecule has 0 saturated heterocycles. The van der Waals surface area contributed by atoms with E-state index in [0.29, 0.717) is 12.4 Å². The molecule has 0 radical (unpaired) electrons. The van der Waals surface area contributed by atoms with Crippen LogP contribution < -0.4 is 9.61 Å². The SMILES string of the molecule is C/C(=C\COP(=O)(N[C@@H](C)C(=O)OC(C)C)Oc1ccccc1)CO[Si](C)(C)C(C)(C)C. The molecule has 9 heteroatoms. The number of rotatable bonds is 12. The molecule has 7 nitrogen and oxygen atoms in total. The molecule has 0 fully saturated rings. The first kappa shape index (κ1) is 28.6. The van der Waals surface area contributed by atoms with Gasteiger partial charge in [0.25, 0.3) is 0 Å². The van der Waals surface area contributed by atoms with Gasteiger partial charge in [0.2, 0.25) is 0 Å². The van der Waals surface area contributed by atoms with Gasteiger partial charge in [0.05, 0.1) is 19.3 Å². The average Bonchev–Trinajstić information content (AvgIpc) is 2.65. The van der Waals surface area contributed by atoms with Crippen LogP contribution in [0.25, 0.3) is 0 Å². The zero-order valence-corrected chi connectivity index (χ0v) is 22.8. The molecular formula is C23H40NO6PSi. The lowest BCUT2D eigenvalue weighted by Gasteiger charge is -2.36. The Balaban J connectivity index is 2.84. The number of hydrogen-bond acceptors (Lipinski definition) is 6. The van der Waals surface area contributed by atoms with Gasteiger partial charge in [-0.25, -0.2) is 4.57 Å². The predicted molar refractivity (Wildman–Crippen MR) is 131 cm³/mol. The maximum Gasteiger partial charge on any atom is 0.459 e. The van der Waals surface area contributed by atoms with Crippen molar-refractivity contribution in [2.75, 3.05) is 13.2 Å². The highest BCUT2D eigenvalue weighted by molar-refractivity contribution is 7.52. The first-order valence-corrected chi connectivity index (χ1v) is 15.4. The summed E-state index contributed by atoms with van der Waals surface area (Å²) in [6.07, 6.45) is 1.53. The molecule has 32 heavy (non-hydrogen) atoms. The van der Waals surface area contributed by atoms with E-state index in [1.54, 1.807) is 45.0 Å². The molecule has 2 atom stereocenters. The maximum atomic E-state index is 13.4. The lowest BCUT2D eigenvalue weighted by Crippen LogP contribution is -2.41. The molecule has 0 aliphatic carbocycles. The van der Waals surface area contributed by atoms with Crippen LogP contribution in [-0.4, -0.2) is 39.6 Å². The predicted octanol–water partition coefficient (Wildman–Crippen LogP) is 6.09. The number of benzene rings is 1. The molecule has 0 spiro atoms. The lowest BCUT2D eigenvalue weighted by atomic mass is 10.2.